The van der Waals surface area contributed by atoms with Crippen LogP contribution in [-0.4, -0.2) is 56.7 Å². The molecule has 0 aliphatic carbocycles. The molecule has 0 radical (unpaired) electrons. The second kappa shape index (κ2) is 9.12. The number of methoxy groups -OCH3 is 1. The minimum atomic E-state index is -3.60. The van der Waals surface area contributed by atoms with Gasteiger partial charge in [0.1, 0.15) is 23.0 Å². The van der Waals surface area contributed by atoms with Gasteiger partial charge in [-0.05, 0) is 61.9 Å². The molecule has 5 rings (SSSR count). The fraction of sp³-hybridized carbons (Fsp3) is 0.269. The fourth-order valence-electron chi connectivity index (χ4n) is 4.32. The van der Waals surface area contributed by atoms with Gasteiger partial charge in [-0.1, -0.05) is 23.8 Å². The van der Waals surface area contributed by atoms with Crippen LogP contribution in [0.4, 0.5) is 5.69 Å². The van der Waals surface area contributed by atoms with E-state index < -0.39 is 10.0 Å². The maximum atomic E-state index is 13.3. The number of sulfonamides is 1. The Labute approximate surface area is 200 Å². The summed E-state index contributed by atoms with van der Waals surface area (Å²) in [6, 6.07) is 20.3. The third-order valence-electron chi connectivity index (χ3n) is 6.14. The van der Waals surface area contributed by atoms with Crippen molar-refractivity contribution in [3.63, 3.8) is 0 Å². The molecular weight excluding hydrogens is 450 g/mol. The summed E-state index contributed by atoms with van der Waals surface area (Å²) in [4.78, 5) is 7.44. The molecule has 0 spiro atoms. The van der Waals surface area contributed by atoms with Crippen LogP contribution in [0, 0.1) is 6.92 Å². The first-order valence-corrected chi connectivity index (χ1v) is 12.8. The Balaban J connectivity index is 1.45. The molecule has 0 unspecified atom stereocenters. The van der Waals surface area contributed by atoms with Gasteiger partial charge in [0.2, 0.25) is 10.0 Å². The second-order valence-electron chi connectivity index (χ2n) is 8.43. The predicted molar refractivity (Wildman–Crippen MR) is 132 cm³/mol. The maximum absolute atomic E-state index is 13.3. The summed E-state index contributed by atoms with van der Waals surface area (Å²) in [7, 11) is -2.04. The molecule has 2 aliphatic heterocycles. The van der Waals surface area contributed by atoms with Crippen molar-refractivity contribution in [2.45, 2.75) is 18.2 Å². The Morgan fingerprint density at radius 3 is 2.50 bits per heavy atom. The van der Waals surface area contributed by atoms with Crippen molar-refractivity contribution in [2.24, 2.45) is 4.99 Å². The smallest absolute Gasteiger partial charge is 0.243 e. The Morgan fingerprint density at radius 2 is 1.71 bits per heavy atom. The van der Waals surface area contributed by atoms with E-state index in [0.29, 0.717) is 44.1 Å². The number of fused-ring (bicyclic) bond motifs is 2. The quantitative estimate of drug-likeness (QED) is 0.552. The maximum Gasteiger partial charge on any atom is 0.243 e. The van der Waals surface area contributed by atoms with Gasteiger partial charge in [-0.2, -0.15) is 4.31 Å². The van der Waals surface area contributed by atoms with Gasteiger partial charge in [-0.25, -0.2) is 13.4 Å². The van der Waals surface area contributed by atoms with Crippen LogP contribution >= 0.6 is 0 Å². The lowest BCUT2D eigenvalue weighted by Gasteiger charge is -2.25. The highest BCUT2D eigenvalue weighted by Crippen LogP contribution is 2.38. The summed E-state index contributed by atoms with van der Waals surface area (Å²) >= 11 is 0. The Hall–Kier alpha value is -3.36. The van der Waals surface area contributed by atoms with E-state index in [0.717, 1.165) is 28.4 Å². The first kappa shape index (κ1) is 22.4. The molecule has 34 heavy (non-hydrogen) atoms. The van der Waals surface area contributed by atoms with Gasteiger partial charge in [0.15, 0.2) is 5.75 Å². The number of nitrogens with zero attached hydrogens (tertiary/aromatic N) is 3. The number of aliphatic imine (C=N–C) groups is 1. The first-order chi connectivity index (χ1) is 16.5. The van der Waals surface area contributed by atoms with Gasteiger partial charge >= 0.3 is 0 Å². The minimum Gasteiger partial charge on any atom is -0.497 e. The van der Waals surface area contributed by atoms with Crippen LogP contribution in [0.2, 0.25) is 0 Å². The molecule has 0 bridgehead atoms. The number of aryl methyl sites for hydroxylation is 1. The normalized spacial score (nSPS) is 16.4. The second-order valence-corrected chi connectivity index (χ2v) is 10.4. The van der Waals surface area contributed by atoms with Crippen molar-refractivity contribution in [2.75, 3.05) is 33.3 Å². The molecule has 2 heterocycles. The summed E-state index contributed by atoms with van der Waals surface area (Å²) in [5, 5.41) is 0. The minimum absolute atomic E-state index is 0.275. The highest BCUT2D eigenvalue weighted by molar-refractivity contribution is 7.89. The lowest BCUT2D eigenvalue weighted by molar-refractivity contribution is 0.406. The SMILES string of the molecule is COc1ccc(S(=O)(=O)N2CCCN(C3=Nc4ccccc4Oc4ccc(C)cc43)CC2)cc1. The molecule has 0 saturated carbocycles. The van der Waals surface area contributed by atoms with Gasteiger partial charge in [-0.15, -0.1) is 0 Å². The number of amidine groups is 1. The summed E-state index contributed by atoms with van der Waals surface area (Å²) in [5.74, 6) is 2.90. The van der Waals surface area contributed by atoms with Crippen molar-refractivity contribution >= 4 is 21.5 Å². The number of para-hydroxylation sites is 2. The van der Waals surface area contributed by atoms with Crippen LogP contribution in [0.25, 0.3) is 0 Å². The van der Waals surface area contributed by atoms with Crippen molar-refractivity contribution in [3.8, 4) is 17.2 Å². The molecule has 0 atom stereocenters. The number of hydrogen-bond acceptors (Lipinski definition) is 6. The molecule has 0 N–H and O–H groups in total. The average Bonchev–Trinajstić information content (AvgIpc) is 3.19. The van der Waals surface area contributed by atoms with E-state index in [1.165, 1.54) is 0 Å². The van der Waals surface area contributed by atoms with E-state index in [9.17, 15) is 8.42 Å². The summed E-state index contributed by atoms with van der Waals surface area (Å²) < 4.78 is 39.5. The molecule has 7 nitrogen and oxygen atoms in total. The molecule has 0 amide bonds. The first-order valence-electron chi connectivity index (χ1n) is 11.3. The van der Waals surface area contributed by atoms with Crippen molar-refractivity contribution in [3.05, 3.63) is 77.9 Å². The van der Waals surface area contributed by atoms with E-state index in [1.807, 2.05) is 43.3 Å². The zero-order valence-electron chi connectivity index (χ0n) is 19.3. The van der Waals surface area contributed by atoms with Crippen molar-refractivity contribution in [1.82, 2.24) is 9.21 Å². The fourth-order valence-corrected chi connectivity index (χ4v) is 5.79. The molecule has 176 valence electrons. The molecular formula is C26H27N3O4S. The Bertz CT molecular complexity index is 1340. The number of hydrogen-bond donors (Lipinski definition) is 0. The van der Waals surface area contributed by atoms with E-state index in [2.05, 4.69) is 11.0 Å². The third kappa shape index (κ3) is 4.26. The third-order valence-corrected chi connectivity index (χ3v) is 8.05. The molecule has 8 heteroatoms. The summed E-state index contributed by atoms with van der Waals surface area (Å²) in [6.45, 7) is 4.09. The molecule has 1 fully saturated rings. The number of rotatable bonds is 3. The lowest BCUT2D eigenvalue weighted by atomic mass is 10.1. The zero-order chi connectivity index (χ0) is 23.7. The van der Waals surface area contributed by atoms with Crippen molar-refractivity contribution < 1.29 is 17.9 Å². The monoisotopic (exact) mass is 477 g/mol. The predicted octanol–water partition coefficient (Wildman–Crippen LogP) is 4.58. The highest BCUT2D eigenvalue weighted by atomic mass is 32.2. The van der Waals surface area contributed by atoms with Crippen LogP contribution in [0.5, 0.6) is 17.2 Å². The van der Waals surface area contributed by atoms with Gasteiger partial charge in [0, 0.05) is 26.2 Å². The van der Waals surface area contributed by atoms with Gasteiger partial charge < -0.3 is 14.4 Å². The standard InChI is InChI=1S/C26H27N3O4S/c1-19-8-13-24-22(18-19)26(27-23-6-3-4-7-25(23)33-24)28-14-5-15-29(17-16-28)34(30,31)21-11-9-20(32-2)10-12-21/h3-4,6-13,18H,5,14-17H2,1-2H3. The molecule has 2 aliphatic rings. The van der Waals surface area contributed by atoms with E-state index in [4.69, 9.17) is 14.5 Å². The van der Waals surface area contributed by atoms with Crippen LogP contribution in [0.15, 0.2) is 76.6 Å². The van der Waals surface area contributed by atoms with Gasteiger partial charge in [0.05, 0.1) is 17.6 Å². The zero-order valence-corrected chi connectivity index (χ0v) is 20.1. The summed E-state index contributed by atoms with van der Waals surface area (Å²) in [5.41, 5.74) is 2.79. The van der Waals surface area contributed by atoms with Crippen LogP contribution in [0.3, 0.4) is 0 Å². The molecule has 3 aromatic rings. The Kier molecular flexibility index (Phi) is 6.02. The Morgan fingerprint density at radius 1 is 0.912 bits per heavy atom. The van der Waals surface area contributed by atoms with Crippen LogP contribution in [-0.2, 0) is 10.0 Å². The van der Waals surface area contributed by atoms with Gasteiger partial charge in [-0.3, -0.25) is 0 Å². The number of ether oxygens (including phenoxy) is 2. The van der Waals surface area contributed by atoms with Crippen LogP contribution in [0.1, 0.15) is 17.5 Å². The van der Waals surface area contributed by atoms with Crippen LogP contribution < -0.4 is 9.47 Å². The average molecular weight is 478 g/mol. The van der Waals surface area contributed by atoms with E-state index in [1.54, 1.807) is 35.7 Å². The highest BCUT2D eigenvalue weighted by Gasteiger charge is 2.30. The van der Waals surface area contributed by atoms with E-state index >= 15 is 0 Å². The van der Waals surface area contributed by atoms with Crippen molar-refractivity contribution in [1.29, 1.82) is 0 Å². The van der Waals surface area contributed by atoms with E-state index in [-0.39, 0.29) is 4.90 Å². The molecule has 0 aromatic heterocycles. The largest absolute Gasteiger partial charge is 0.497 e. The topological polar surface area (TPSA) is 71.4 Å². The number of benzene rings is 3. The lowest BCUT2D eigenvalue weighted by Crippen LogP contribution is -2.37. The summed E-state index contributed by atoms with van der Waals surface area (Å²) in [6.07, 6.45) is 0.693. The molecule has 3 aromatic carbocycles. The van der Waals surface area contributed by atoms with Gasteiger partial charge in [0.25, 0.3) is 0 Å². The molecule has 1 saturated heterocycles.